The molecule has 6 heteroatoms. The molecule has 0 aliphatic carbocycles. The first-order valence-electron chi connectivity index (χ1n) is 9.73. The van der Waals surface area contributed by atoms with Crippen LogP contribution in [0.1, 0.15) is 32.3 Å². The number of rotatable bonds is 9. The second-order valence-corrected chi connectivity index (χ2v) is 7.66. The summed E-state index contributed by atoms with van der Waals surface area (Å²) in [6, 6.07) is 8.70. The minimum absolute atomic E-state index is 0.202. The van der Waals surface area contributed by atoms with Gasteiger partial charge in [0.2, 0.25) is 0 Å². The van der Waals surface area contributed by atoms with Crippen molar-refractivity contribution in [1.82, 2.24) is 9.80 Å². The number of nitriles is 1. The Morgan fingerprint density at radius 3 is 2.59 bits per heavy atom. The van der Waals surface area contributed by atoms with Crippen LogP contribution in [0, 0.1) is 17.2 Å². The topological polar surface area (TPSA) is 69.0 Å². The second kappa shape index (κ2) is 10.5. The maximum absolute atomic E-state index is 10.2. The Hall–Kier alpha value is -1.81. The van der Waals surface area contributed by atoms with Crippen molar-refractivity contribution in [2.45, 2.75) is 45.4 Å². The van der Waals surface area contributed by atoms with Crippen LogP contribution in [-0.4, -0.2) is 67.5 Å². The van der Waals surface area contributed by atoms with Crippen molar-refractivity contribution in [3.8, 4) is 17.6 Å². The zero-order valence-corrected chi connectivity index (χ0v) is 17.0. The third kappa shape index (κ3) is 6.69. The van der Waals surface area contributed by atoms with Crippen molar-refractivity contribution in [2.75, 3.05) is 40.4 Å². The third-order valence-electron chi connectivity index (χ3n) is 5.22. The minimum Gasteiger partial charge on any atom is -0.493 e. The highest BCUT2D eigenvalue weighted by molar-refractivity contribution is 5.43. The summed E-state index contributed by atoms with van der Waals surface area (Å²) in [5.41, 5.74) is 1.16. The number of aliphatic hydroxyl groups is 1. The number of ether oxygens (including phenoxy) is 2. The minimum atomic E-state index is -0.553. The average molecular weight is 376 g/mol. The lowest BCUT2D eigenvalue weighted by atomic mass is 9.98. The fraction of sp³-hybridized carbons (Fsp3) is 0.667. The molecule has 1 aliphatic heterocycles. The summed E-state index contributed by atoms with van der Waals surface area (Å²) in [4.78, 5) is 4.46. The number of methoxy groups -OCH3 is 1. The van der Waals surface area contributed by atoms with E-state index in [2.05, 4.69) is 29.7 Å². The first kappa shape index (κ1) is 21.5. The summed E-state index contributed by atoms with van der Waals surface area (Å²) in [5.74, 6) is 1.53. The SMILES string of the molecule is COc1cc(CN2CCC(C#N)CC2)ccc1OC[C@@H](O)CN(C)C(C)C. The number of nitrogens with zero attached hydrogens (tertiary/aromatic N) is 3. The van der Waals surface area contributed by atoms with Crippen LogP contribution in [0.2, 0.25) is 0 Å². The van der Waals surface area contributed by atoms with E-state index in [0.717, 1.165) is 38.0 Å². The number of aliphatic hydroxyl groups excluding tert-OH is 1. The Balaban J connectivity index is 1.89. The second-order valence-electron chi connectivity index (χ2n) is 7.66. The molecule has 1 saturated heterocycles. The maximum atomic E-state index is 10.2. The largest absolute Gasteiger partial charge is 0.493 e. The molecule has 150 valence electrons. The summed E-state index contributed by atoms with van der Waals surface area (Å²) >= 11 is 0. The van der Waals surface area contributed by atoms with E-state index >= 15 is 0 Å². The summed E-state index contributed by atoms with van der Waals surface area (Å²) in [6.45, 7) is 7.74. The molecule has 1 heterocycles. The smallest absolute Gasteiger partial charge is 0.161 e. The molecule has 0 bridgehead atoms. The molecule has 0 amide bonds. The lowest BCUT2D eigenvalue weighted by Crippen LogP contribution is -2.37. The van der Waals surface area contributed by atoms with Crippen LogP contribution < -0.4 is 9.47 Å². The van der Waals surface area contributed by atoms with Crippen molar-refractivity contribution >= 4 is 0 Å². The van der Waals surface area contributed by atoms with Crippen LogP contribution in [0.5, 0.6) is 11.5 Å². The summed E-state index contributed by atoms with van der Waals surface area (Å²) in [5, 5.41) is 19.2. The lowest BCUT2D eigenvalue weighted by Gasteiger charge is -2.29. The van der Waals surface area contributed by atoms with Crippen LogP contribution in [0.4, 0.5) is 0 Å². The van der Waals surface area contributed by atoms with E-state index in [0.29, 0.717) is 24.1 Å². The molecular weight excluding hydrogens is 342 g/mol. The van der Waals surface area contributed by atoms with Gasteiger partial charge in [0.05, 0.1) is 13.2 Å². The van der Waals surface area contributed by atoms with Gasteiger partial charge in [-0.2, -0.15) is 5.26 Å². The van der Waals surface area contributed by atoms with Gasteiger partial charge in [-0.15, -0.1) is 0 Å². The van der Waals surface area contributed by atoms with Crippen LogP contribution in [0.3, 0.4) is 0 Å². The Morgan fingerprint density at radius 1 is 1.30 bits per heavy atom. The van der Waals surface area contributed by atoms with Crippen molar-refractivity contribution in [3.05, 3.63) is 23.8 Å². The Kier molecular flexibility index (Phi) is 8.36. The highest BCUT2D eigenvalue weighted by Crippen LogP contribution is 2.29. The number of piperidine rings is 1. The van der Waals surface area contributed by atoms with Gasteiger partial charge in [-0.1, -0.05) is 6.07 Å². The highest BCUT2D eigenvalue weighted by Gasteiger charge is 2.19. The zero-order chi connectivity index (χ0) is 19.8. The van der Waals surface area contributed by atoms with Gasteiger partial charge in [-0.25, -0.2) is 0 Å². The van der Waals surface area contributed by atoms with Crippen molar-refractivity contribution in [3.63, 3.8) is 0 Å². The molecule has 0 spiro atoms. The standard InChI is InChI=1S/C21H33N3O3/c1-16(2)23(3)14-19(25)15-27-20-6-5-18(11-21(20)26-4)13-24-9-7-17(12-22)8-10-24/h5-6,11,16-17,19,25H,7-10,13-15H2,1-4H3/t19-/m0/s1. The summed E-state index contributed by atoms with van der Waals surface area (Å²) in [6.07, 6.45) is 1.33. The van der Waals surface area contributed by atoms with Crippen LogP contribution in [0.15, 0.2) is 18.2 Å². The number of likely N-dealkylation sites (N-methyl/N-ethyl adjacent to an activating group) is 1. The van der Waals surface area contributed by atoms with Crippen molar-refractivity contribution in [2.24, 2.45) is 5.92 Å². The molecule has 6 nitrogen and oxygen atoms in total. The molecule has 0 aromatic heterocycles. The predicted octanol–water partition coefficient (Wildman–Crippen LogP) is 2.51. The van der Waals surface area contributed by atoms with Crippen LogP contribution in [-0.2, 0) is 6.54 Å². The molecule has 27 heavy (non-hydrogen) atoms. The summed E-state index contributed by atoms with van der Waals surface area (Å²) in [7, 11) is 3.62. The van der Waals surface area contributed by atoms with Gasteiger partial charge < -0.3 is 19.5 Å². The quantitative estimate of drug-likeness (QED) is 0.715. The van der Waals surface area contributed by atoms with Crippen LogP contribution in [0.25, 0.3) is 0 Å². The van der Waals surface area contributed by atoms with E-state index in [1.54, 1.807) is 7.11 Å². The average Bonchev–Trinajstić information content (AvgIpc) is 2.67. The molecule has 1 N–H and O–H groups in total. The first-order chi connectivity index (χ1) is 12.9. The fourth-order valence-corrected chi connectivity index (χ4v) is 3.19. The van der Waals surface area contributed by atoms with E-state index in [4.69, 9.17) is 14.7 Å². The molecule has 1 aliphatic rings. The molecule has 0 radical (unpaired) electrons. The normalized spacial score (nSPS) is 17.1. The van der Waals surface area contributed by atoms with Gasteiger partial charge in [0.25, 0.3) is 0 Å². The fourth-order valence-electron chi connectivity index (χ4n) is 3.19. The molecule has 0 unspecified atom stereocenters. The molecular formula is C21H33N3O3. The highest BCUT2D eigenvalue weighted by atomic mass is 16.5. The molecule has 1 aromatic carbocycles. The predicted molar refractivity (Wildman–Crippen MR) is 106 cm³/mol. The molecule has 0 saturated carbocycles. The van der Waals surface area contributed by atoms with Gasteiger partial charge >= 0.3 is 0 Å². The van der Waals surface area contributed by atoms with Crippen molar-refractivity contribution in [1.29, 1.82) is 5.26 Å². The van der Waals surface area contributed by atoms with E-state index in [1.807, 2.05) is 25.2 Å². The summed E-state index contributed by atoms with van der Waals surface area (Å²) < 4.78 is 11.3. The van der Waals surface area contributed by atoms with Crippen LogP contribution >= 0.6 is 0 Å². The van der Waals surface area contributed by atoms with E-state index < -0.39 is 6.10 Å². The molecule has 1 fully saturated rings. The number of likely N-dealkylation sites (tertiary alicyclic amines) is 1. The molecule has 1 aromatic rings. The first-order valence-corrected chi connectivity index (χ1v) is 9.73. The molecule has 1 atom stereocenters. The van der Waals surface area contributed by atoms with Gasteiger partial charge in [0, 0.05) is 25.0 Å². The van der Waals surface area contributed by atoms with Gasteiger partial charge in [-0.3, -0.25) is 4.90 Å². The van der Waals surface area contributed by atoms with E-state index in [9.17, 15) is 5.11 Å². The Morgan fingerprint density at radius 2 is 2.00 bits per heavy atom. The monoisotopic (exact) mass is 375 g/mol. The maximum Gasteiger partial charge on any atom is 0.161 e. The molecule has 2 rings (SSSR count). The van der Waals surface area contributed by atoms with Gasteiger partial charge in [0.15, 0.2) is 11.5 Å². The van der Waals surface area contributed by atoms with Gasteiger partial charge in [0.1, 0.15) is 12.7 Å². The van der Waals surface area contributed by atoms with E-state index in [-0.39, 0.29) is 12.5 Å². The van der Waals surface area contributed by atoms with Crippen molar-refractivity contribution < 1.29 is 14.6 Å². The number of hydrogen-bond acceptors (Lipinski definition) is 6. The lowest BCUT2D eigenvalue weighted by molar-refractivity contribution is 0.0668. The zero-order valence-electron chi connectivity index (χ0n) is 17.0. The number of benzene rings is 1. The third-order valence-corrected chi connectivity index (χ3v) is 5.22. The Bertz CT molecular complexity index is 622. The van der Waals surface area contributed by atoms with Gasteiger partial charge in [-0.05, 0) is 64.5 Å². The Labute approximate surface area is 163 Å². The van der Waals surface area contributed by atoms with E-state index in [1.165, 1.54) is 0 Å². The number of hydrogen-bond donors (Lipinski definition) is 1.